The second kappa shape index (κ2) is 10.4. The Balaban J connectivity index is 1.55. The van der Waals surface area contributed by atoms with Crippen molar-refractivity contribution in [2.75, 3.05) is 26.7 Å². The second-order valence-corrected chi connectivity index (χ2v) is 8.20. The Morgan fingerprint density at radius 2 is 1.58 bits per heavy atom. The number of hydrogen-bond donors (Lipinski definition) is 0. The molecular formula is C27H29N3O3. The highest BCUT2D eigenvalue weighted by atomic mass is 16.5. The molecule has 0 bridgehead atoms. The van der Waals surface area contributed by atoms with Crippen LogP contribution < -0.4 is 0 Å². The van der Waals surface area contributed by atoms with E-state index in [1.807, 2.05) is 60.4 Å². The van der Waals surface area contributed by atoms with E-state index in [1.165, 1.54) is 0 Å². The van der Waals surface area contributed by atoms with Gasteiger partial charge in [-0.3, -0.25) is 14.6 Å². The Morgan fingerprint density at radius 1 is 0.939 bits per heavy atom. The molecule has 0 unspecified atom stereocenters. The Bertz CT molecular complexity index is 1080. The molecule has 1 fully saturated rings. The van der Waals surface area contributed by atoms with Crippen molar-refractivity contribution in [3.8, 4) is 11.1 Å². The number of carbonyl (C=O) groups excluding carboxylic acids is 2. The molecule has 0 N–H and O–H groups in total. The number of hydrogen-bond acceptors (Lipinski definition) is 4. The number of carbonyl (C=O) groups is 2. The fourth-order valence-corrected chi connectivity index (χ4v) is 4.27. The van der Waals surface area contributed by atoms with Gasteiger partial charge in [0.25, 0.3) is 5.91 Å². The Kier molecular flexibility index (Phi) is 7.15. The smallest absolute Gasteiger partial charge is 0.254 e. The van der Waals surface area contributed by atoms with Crippen molar-refractivity contribution in [1.82, 2.24) is 14.8 Å². The zero-order chi connectivity index (χ0) is 23.2. The lowest BCUT2D eigenvalue weighted by Gasteiger charge is -2.40. The summed E-state index contributed by atoms with van der Waals surface area (Å²) in [5.74, 6) is -0.104. The van der Waals surface area contributed by atoms with Gasteiger partial charge in [-0.2, -0.15) is 0 Å². The largest absolute Gasteiger partial charge is 0.380 e. The fraction of sp³-hybridized carbons (Fsp3) is 0.296. The van der Waals surface area contributed by atoms with Crippen LogP contribution in [-0.4, -0.2) is 59.4 Å². The van der Waals surface area contributed by atoms with Crippen LogP contribution in [0, 0.1) is 0 Å². The minimum Gasteiger partial charge on any atom is -0.380 e. The molecule has 2 aromatic carbocycles. The van der Waals surface area contributed by atoms with E-state index < -0.39 is 6.04 Å². The molecule has 2 heterocycles. The van der Waals surface area contributed by atoms with Crippen molar-refractivity contribution in [1.29, 1.82) is 0 Å². The number of benzene rings is 2. The summed E-state index contributed by atoms with van der Waals surface area (Å²) in [7, 11) is 1.64. The van der Waals surface area contributed by atoms with Crippen molar-refractivity contribution >= 4 is 11.8 Å². The van der Waals surface area contributed by atoms with Crippen LogP contribution in [0.4, 0.5) is 0 Å². The number of amides is 2. The van der Waals surface area contributed by atoms with Crippen molar-refractivity contribution in [3.05, 3.63) is 89.7 Å². The van der Waals surface area contributed by atoms with Crippen LogP contribution in [0.25, 0.3) is 11.1 Å². The molecular weight excluding hydrogens is 414 g/mol. The van der Waals surface area contributed by atoms with Crippen LogP contribution in [-0.2, 0) is 22.6 Å². The van der Waals surface area contributed by atoms with Crippen LogP contribution in [0.2, 0.25) is 0 Å². The predicted molar refractivity (Wildman–Crippen MR) is 128 cm³/mol. The molecule has 0 aliphatic carbocycles. The van der Waals surface area contributed by atoms with E-state index in [-0.39, 0.29) is 11.8 Å². The topological polar surface area (TPSA) is 62.7 Å². The summed E-state index contributed by atoms with van der Waals surface area (Å²) >= 11 is 0. The molecule has 0 saturated carbocycles. The molecule has 1 aliphatic heterocycles. The first-order chi connectivity index (χ1) is 16.1. The first kappa shape index (κ1) is 22.7. The Hall–Kier alpha value is -3.51. The van der Waals surface area contributed by atoms with Crippen molar-refractivity contribution in [2.45, 2.75) is 26.0 Å². The minimum atomic E-state index is -0.517. The van der Waals surface area contributed by atoms with Crippen molar-refractivity contribution < 1.29 is 14.3 Å². The third-order valence-corrected chi connectivity index (χ3v) is 6.13. The summed E-state index contributed by atoms with van der Waals surface area (Å²) in [6.07, 6.45) is 4.03. The van der Waals surface area contributed by atoms with Gasteiger partial charge in [0.1, 0.15) is 6.04 Å². The van der Waals surface area contributed by atoms with Crippen molar-refractivity contribution in [3.63, 3.8) is 0 Å². The molecule has 6 heteroatoms. The molecule has 33 heavy (non-hydrogen) atoms. The number of pyridine rings is 1. The summed E-state index contributed by atoms with van der Waals surface area (Å²) in [6.45, 7) is 4.20. The van der Waals surface area contributed by atoms with E-state index in [9.17, 15) is 9.59 Å². The number of nitrogens with zero attached hydrogens (tertiary/aromatic N) is 3. The van der Waals surface area contributed by atoms with Crippen LogP contribution in [0.3, 0.4) is 0 Å². The lowest BCUT2D eigenvalue weighted by atomic mass is 9.97. The third kappa shape index (κ3) is 5.12. The van der Waals surface area contributed by atoms with Crippen LogP contribution >= 0.6 is 0 Å². The normalized spacial score (nSPS) is 16.2. The Labute approximate surface area is 194 Å². The monoisotopic (exact) mass is 443 g/mol. The van der Waals surface area contributed by atoms with Crippen LogP contribution in [0.5, 0.6) is 0 Å². The average Bonchev–Trinajstić information content (AvgIpc) is 2.86. The van der Waals surface area contributed by atoms with E-state index in [4.69, 9.17) is 4.74 Å². The number of piperazine rings is 1. The predicted octanol–water partition coefficient (Wildman–Crippen LogP) is 3.81. The lowest BCUT2D eigenvalue weighted by Crippen LogP contribution is -2.59. The molecule has 0 radical (unpaired) electrons. The highest BCUT2D eigenvalue weighted by Crippen LogP contribution is 2.23. The van der Waals surface area contributed by atoms with E-state index in [0.717, 1.165) is 22.3 Å². The van der Waals surface area contributed by atoms with Gasteiger partial charge in [-0.05, 0) is 53.4 Å². The molecule has 0 spiro atoms. The van der Waals surface area contributed by atoms with Gasteiger partial charge in [-0.1, -0.05) is 36.4 Å². The number of methoxy groups -OCH3 is 1. The molecule has 170 valence electrons. The van der Waals surface area contributed by atoms with E-state index in [1.54, 1.807) is 24.4 Å². The quantitative estimate of drug-likeness (QED) is 0.557. The van der Waals surface area contributed by atoms with Gasteiger partial charge in [0, 0.05) is 51.1 Å². The zero-order valence-corrected chi connectivity index (χ0v) is 19.1. The minimum absolute atomic E-state index is 0.00585. The zero-order valence-electron chi connectivity index (χ0n) is 19.1. The molecule has 2 amide bonds. The molecule has 1 aromatic heterocycles. The number of likely N-dealkylation sites (N-methyl/N-ethyl adjacent to an activating group) is 1. The summed E-state index contributed by atoms with van der Waals surface area (Å²) in [5.41, 5.74) is 4.81. The highest BCUT2D eigenvalue weighted by Gasteiger charge is 2.37. The highest BCUT2D eigenvalue weighted by molar-refractivity contribution is 5.98. The summed E-state index contributed by atoms with van der Waals surface area (Å²) in [5, 5.41) is 0. The van der Waals surface area contributed by atoms with E-state index in [2.05, 4.69) is 17.1 Å². The second-order valence-electron chi connectivity index (χ2n) is 8.20. The maximum atomic E-state index is 13.4. The maximum absolute atomic E-state index is 13.4. The SMILES string of the molecule is CCN1CCN(C(=O)c2ccc(COC)cc2)[C@@H](Cc2ccc(-c3ccncc3)cc2)C1=O. The lowest BCUT2D eigenvalue weighted by molar-refractivity contribution is -0.139. The number of ether oxygens (including phenoxy) is 1. The average molecular weight is 444 g/mol. The summed E-state index contributed by atoms with van der Waals surface area (Å²) in [4.78, 5) is 34.2. The molecule has 1 saturated heterocycles. The standard InChI is InChI=1S/C27H29N3O3/c1-3-29-16-17-30(26(31)24-10-6-21(7-11-24)19-33-2)25(27(29)32)18-20-4-8-22(9-5-20)23-12-14-28-15-13-23/h4-15,25H,3,16-19H2,1-2H3/t25-/m0/s1. The van der Waals surface area contributed by atoms with Gasteiger partial charge in [-0.25, -0.2) is 0 Å². The summed E-state index contributed by atoms with van der Waals surface area (Å²) in [6, 6.07) is 19.0. The number of aromatic nitrogens is 1. The van der Waals surface area contributed by atoms with Gasteiger partial charge >= 0.3 is 0 Å². The van der Waals surface area contributed by atoms with Gasteiger partial charge in [0.05, 0.1) is 6.61 Å². The fourth-order valence-electron chi connectivity index (χ4n) is 4.27. The molecule has 1 aliphatic rings. The van der Waals surface area contributed by atoms with Crippen LogP contribution in [0.15, 0.2) is 73.1 Å². The van der Waals surface area contributed by atoms with Gasteiger partial charge < -0.3 is 14.5 Å². The molecule has 3 aromatic rings. The maximum Gasteiger partial charge on any atom is 0.254 e. The van der Waals surface area contributed by atoms with Gasteiger partial charge in [0.15, 0.2) is 0 Å². The molecule has 1 atom stereocenters. The first-order valence-electron chi connectivity index (χ1n) is 11.3. The molecule has 4 rings (SSSR count). The van der Waals surface area contributed by atoms with Crippen LogP contribution in [0.1, 0.15) is 28.4 Å². The van der Waals surface area contributed by atoms with Crippen molar-refractivity contribution in [2.24, 2.45) is 0 Å². The number of rotatable bonds is 7. The third-order valence-electron chi connectivity index (χ3n) is 6.13. The first-order valence-corrected chi connectivity index (χ1v) is 11.3. The van der Waals surface area contributed by atoms with Gasteiger partial charge in [0.2, 0.25) is 5.91 Å². The van der Waals surface area contributed by atoms with E-state index in [0.29, 0.717) is 38.2 Å². The summed E-state index contributed by atoms with van der Waals surface area (Å²) < 4.78 is 5.15. The molecule has 6 nitrogen and oxygen atoms in total. The van der Waals surface area contributed by atoms with E-state index >= 15 is 0 Å². The Morgan fingerprint density at radius 3 is 2.21 bits per heavy atom. The van der Waals surface area contributed by atoms with Gasteiger partial charge in [-0.15, -0.1) is 0 Å².